The molecule has 0 aliphatic carbocycles. The lowest BCUT2D eigenvalue weighted by Gasteiger charge is -2.06. The second kappa shape index (κ2) is 5.00. The van der Waals surface area contributed by atoms with Crippen molar-refractivity contribution in [3.05, 3.63) is 30.5 Å². The smallest absolute Gasteiger partial charge is 0.418 e. The van der Waals surface area contributed by atoms with Crippen molar-refractivity contribution in [3.8, 4) is 0 Å². The molecule has 0 amide bonds. The average molecular weight is 263 g/mol. The zero-order valence-corrected chi connectivity index (χ0v) is 10.3. The molecule has 1 aromatic carbocycles. The number of nitrogens with zero attached hydrogens (tertiary/aromatic N) is 1. The van der Waals surface area contributed by atoms with Gasteiger partial charge in [-0.15, -0.1) is 0 Å². The fourth-order valence-corrected chi connectivity index (χ4v) is 1.46. The van der Waals surface area contributed by atoms with Gasteiger partial charge in [-0.3, -0.25) is 0 Å². The third-order valence-electron chi connectivity index (χ3n) is 2.05. The molecule has 0 unspecified atom stereocenters. The molecule has 0 atom stereocenters. The Balaban J connectivity index is 0.000000280. The van der Waals surface area contributed by atoms with Gasteiger partial charge in [-0.1, -0.05) is 12.1 Å². The second-order valence-corrected chi connectivity index (χ2v) is 4.74. The largest absolute Gasteiger partial charge is 0.673 e. The lowest BCUT2D eigenvalue weighted by molar-refractivity contribution is -0.887. The van der Waals surface area contributed by atoms with Gasteiger partial charge in [0.1, 0.15) is 0 Å². The van der Waals surface area contributed by atoms with E-state index in [1.54, 1.807) is 6.26 Å². The number of rotatable bonds is 0. The molecule has 0 aliphatic rings. The molecule has 0 aliphatic heterocycles. The van der Waals surface area contributed by atoms with E-state index in [0.717, 1.165) is 10.9 Å². The minimum atomic E-state index is -6.00. The molecule has 0 bridgehead atoms. The Labute approximate surface area is 102 Å². The molecule has 0 N–H and O–H groups in total. The summed E-state index contributed by atoms with van der Waals surface area (Å²) in [7, 11) is -6.00. The number of benzene rings is 1. The Bertz CT molecular complexity index is 509. The normalized spacial score (nSPS) is 12.2. The Morgan fingerprint density at radius 1 is 1.06 bits per heavy atom. The van der Waals surface area contributed by atoms with Crippen LogP contribution in [0.15, 0.2) is 35.1 Å². The number of para-hydroxylation sites is 1. The van der Waals surface area contributed by atoms with Crippen molar-refractivity contribution in [2.45, 2.75) is 26.3 Å². The van der Waals surface area contributed by atoms with Crippen molar-refractivity contribution in [3.63, 3.8) is 0 Å². The first-order chi connectivity index (χ1) is 8.09. The maximum absolute atomic E-state index is 9.75. The van der Waals surface area contributed by atoms with E-state index in [0.29, 0.717) is 0 Å². The molecule has 1 heterocycles. The van der Waals surface area contributed by atoms with Crippen LogP contribution in [0, 0.1) is 0 Å². The van der Waals surface area contributed by atoms with Gasteiger partial charge in [0.25, 0.3) is 5.52 Å². The molecule has 0 spiro atoms. The molecular weight excluding hydrogens is 249 g/mol. The molecule has 2 rings (SSSR count). The van der Waals surface area contributed by atoms with Gasteiger partial charge in [0.15, 0.2) is 6.26 Å². The highest BCUT2D eigenvalue weighted by Crippen LogP contribution is 2.14. The molecule has 7 heteroatoms. The van der Waals surface area contributed by atoms with Crippen molar-refractivity contribution >= 4 is 18.2 Å². The van der Waals surface area contributed by atoms with E-state index < -0.39 is 7.25 Å². The minimum absolute atomic E-state index is 0.00308. The lowest BCUT2D eigenvalue weighted by atomic mass is 10.1. The molecule has 2 aromatic rings. The average Bonchev–Trinajstić information content (AvgIpc) is 2.57. The maximum Gasteiger partial charge on any atom is 0.673 e. The van der Waals surface area contributed by atoms with Crippen molar-refractivity contribution < 1.29 is 26.5 Å². The van der Waals surface area contributed by atoms with Crippen LogP contribution in [0.3, 0.4) is 0 Å². The molecule has 1 aromatic heterocycles. The Hall–Kier alpha value is -1.53. The molecule has 0 fully saturated rings. The maximum atomic E-state index is 9.75. The van der Waals surface area contributed by atoms with Crippen LogP contribution in [0.1, 0.15) is 20.8 Å². The second-order valence-electron chi connectivity index (χ2n) is 4.74. The molecule has 2 nitrogen and oxygen atoms in total. The van der Waals surface area contributed by atoms with Crippen LogP contribution in [-0.2, 0) is 5.54 Å². The first-order valence-electron chi connectivity index (χ1n) is 5.35. The van der Waals surface area contributed by atoms with Gasteiger partial charge in [-0.25, -0.2) is 4.52 Å². The van der Waals surface area contributed by atoms with Crippen molar-refractivity contribution in [1.29, 1.82) is 0 Å². The standard InChI is InChI=1S/C11H14NO.BF4/c1-11(2,3)12-10-7-5-4-6-9(10)8-13-12;2-1(3,4)5/h4-8H,1-3H3;/q+1;-1. The highest BCUT2D eigenvalue weighted by molar-refractivity contribution is 6.50. The van der Waals surface area contributed by atoms with Crippen molar-refractivity contribution in [1.82, 2.24) is 0 Å². The molecule has 0 saturated carbocycles. The minimum Gasteiger partial charge on any atom is -0.418 e. The van der Waals surface area contributed by atoms with E-state index in [-0.39, 0.29) is 5.54 Å². The monoisotopic (exact) mass is 263 g/mol. The topological polar surface area (TPSA) is 17.0 Å². The number of hydrogen-bond donors (Lipinski definition) is 0. The van der Waals surface area contributed by atoms with Gasteiger partial charge in [0, 0.05) is 26.8 Å². The fourth-order valence-electron chi connectivity index (χ4n) is 1.46. The van der Waals surface area contributed by atoms with Gasteiger partial charge in [-0.05, 0) is 10.8 Å². The summed E-state index contributed by atoms with van der Waals surface area (Å²) in [6, 6.07) is 8.18. The highest BCUT2D eigenvalue weighted by Gasteiger charge is 2.28. The van der Waals surface area contributed by atoms with Crippen LogP contribution in [0.4, 0.5) is 17.3 Å². The quantitative estimate of drug-likeness (QED) is 0.401. The number of fused-ring (bicyclic) bond motifs is 1. The first-order valence-corrected chi connectivity index (χ1v) is 5.35. The van der Waals surface area contributed by atoms with Crippen LogP contribution in [-0.4, -0.2) is 7.25 Å². The first kappa shape index (κ1) is 14.5. The van der Waals surface area contributed by atoms with Gasteiger partial charge >= 0.3 is 7.25 Å². The summed E-state index contributed by atoms with van der Waals surface area (Å²) in [6.07, 6.45) is 1.79. The zero-order chi connectivity index (χ0) is 14.0. The Morgan fingerprint density at radius 3 is 2.06 bits per heavy atom. The lowest BCUT2D eigenvalue weighted by Crippen LogP contribution is -2.48. The van der Waals surface area contributed by atoms with E-state index in [2.05, 4.69) is 32.9 Å². The third-order valence-corrected chi connectivity index (χ3v) is 2.05. The molecule has 18 heavy (non-hydrogen) atoms. The SMILES string of the molecule is CC(C)(C)[n+]1occ2ccccc21.F[B-](F)(F)F. The predicted molar refractivity (Wildman–Crippen MR) is 61.6 cm³/mol. The molecule has 0 radical (unpaired) electrons. The summed E-state index contributed by atoms with van der Waals surface area (Å²) >= 11 is 0. The van der Waals surface area contributed by atoms with E-state index in [1.165, 1.54) is 0 Å². The summed E-state index contributed by atoms with van der Waals surface area (Å²) < 4.78 is 46.4. The van der Waals surface area contributed by atoms with Crippen LogP contribution in [0.25, 0.3) is 10.9 Å². The number of aromatic nitrogens is 1. The number of hydrogen-bond acceptors (Lipinski definition) is 1. The van der Waals surface area contributed by atoms with Gasteiger partial charge in [0.05, 0.1) is 5.39 Å². The molecule has 0 saturated heterocycles. The van der Waals surface area contributed by atoms with Gasteiger partial charge < -0.3 is 17.3 Å². The van der Waals surface area contributed by atoms with Gasteiger partial charge in [0.2, 0.25) is 5.54 Å². The highest BCUT2D eigenvalue weighted by atomic mass is 19.5. The summed E-state index contributed by atoms with van der Waals surface area (Å²) in [4.78, 5) is 0. The van der Waals surface area contributed by atoms with E-state index in [4.69, 9.17) is 4.52 Å². The third kappa shape index (κ3) is 4.39. The summed E-state index contributed by atoms with van der Waals surface area (Å²) in [5.74, 6) is 0. The van der Waals surface area contributed by atoms with Gasteiger partial charge in [-0.2, -0.15) is 0 Å². The van der Waals surface area contributed by atoms with Crippen LogP contribution in [0.5, 0.6) is 0 Å². The molecule has 100 valence electrons. The summed E-state index contributed by atoms with van der Waals surface area (Å²) in [5, 5.41) is 1.15. The van der Waals surface area contributed by atoms with Crippen molar-refractivity contribution in [2.24, 2.45) is 0 Å². The Morgan fingerprint density at radius 2 is 1.56 bits per heavy atom. The van der Waals surface area contributed by atoms with Crippen molar-refractivity contribution in [2.75, 3.05) is 0 Å². The van der Waals surface area contributed by atoms with Crippen LogP contribution < -0.4 is 4.74 Å². The van der Waals surface area contributed by atoms with E-state index in [1.807, 2.05) is 16.9 Å². The number of halogens is 4. The van der Waals surface area contributed by atoms with Crippen LogP contribution in [0.2, 0.25) is 0 Å². The summed E-state index contributed by atoms with van der Waals surface area (Å²) in [6.45, 7) is 6.38. The van der Waals surface area contributed by atoms with Crippen LogP contribution >= 0.6 is 0 Å². The summed E-state index contributed by atoms with van der Waals surface area (Å²) in [5.41, 5.74) is 1.15. The zero-order valence-electron chi connectivity index (χ0n) is 10.3. The fraction of sp³-hybridized carbons (Fsp3) is 0.364. The Kier molecular flexibility index (Phi) is 4.03. The van der Waals surface area contributed by atoms with E-state index >= 15 is 0 Å². The van der Waals surface area contributed by atoms with E-state index in [9.17, 15) is 17.3 Å². The predicted octanol–water partition coefficient (Wildman–Crippen LogP) is 3.78. The molecular formula is C11H14BF4NO.